The quantitative estimate of drug-likeness (QED) is 0.773. The van der Waals surface area contributed by atoms with E-state index in [1.165, 1.54) is 0 Å². The van der Waals surface area contributed by atoms with E-state index >= 15 is 0 Å². The average Bonchev–Trinajstić information content (AvgIpc) is 2.81. The van der Waals surface area contributed by atoms with Gasteiger partial charge in [0, 0.05) is 23.0 Å². The Bertz CT molecular complexity index is 858. The molecule has 0 amide bonds. The van der Waals surface area contributed by atoms with Gasteiger partial charge in [0.2, 0.25) is 0 Å². The van der Waals surface area contributed by atoms with Gasteiger partial charge in [-0.1, -0.05) is 17.3 Å². The molecule has 0 atom stereocenters. The maximum atomic E-state index is 12.0. The first kappa shape index (κ1) is 14.1. The number of aromatic nitrogens is 2. The van der Waals surface area contributed by atoms with Crippen molar-refractivity contribution in [1.29, 1.82) is 0 Å². The van der Waals surface area contributed by atoms with Crippen LogP contribution in [0.2, 0.25) is 0 Å². The third kappa shape index (κ3) is 2.65. The number of hydrogen-bond donors (Lipinski definition) is 2. The maximum absolute atomic E-state index is 12.0. The second kappa shape index (κ2) is 5.52. The second-order valence-corrected chi connectivity index (χ2v) is 5.32. The summed E-state index contributed by atoms with van der Waals surface area (Å²) < 4.78 is 5.19. The first-order valence-corrected chi connectivity index (χ1v) is 7.04. The molecule has 22 heavy (non-hydrogen) atoms. The molecule has 0 bridgehead atoms. The number of hydrogen-bond acceptors (Lipinski definition) is 4. The highest BCUT2D eigenvalue weighted by molar-refractivity contribution is 5.72. The number of H-pyrrole nitrogens is 1. The number of aryl methyl sites for hydroxylation is 3. The molecule has 0 spiro atoms. The van der Waals surface area contributed by atoms with Crippen LogP contribution in [0.4, 0.5) is 11.4 Å². The fraction of sp³-hybridized carbons (Fsp3) is 0.176. The summed E-state index contributed by atoms with van der Waals surface area (Å²) >= 11 is 0. The molecule has 5 nitrogen and oxygen atoms in total. The molecule has 0 aliphatic rings. The van der Waals surface area contributed by atoms with Crippen molar-refractivity contribution in [2.75, 3.05) is 5.32 Å². The van der Waals surface area contributed by atoms with Crippen molar-refractivity contribution in [3.63, 3.8) is 0 Å². The third-order valence-corrected chi connectivity index (χ3v) is 3.52. The van der Waals surface area contributed by atoms with Gasteiger partial charge >= 0.3 is 0 Å². The van der Waals surface area contributed by atoms with Gasteiger partial charge in [0.05, 0.1) is 5.69 Å². The van der Waals surface area contributed by atoms with Crippen molar-refractivity contribution in [3.05, 3.63) is 63.9 Å². The van der Waals surface area contributed by atoms with Crippen molar-refractivity contribution in [3.8, 4) is 11.1 Å². The van der Waals surface area contributed by atoms with Crippen molar-refractivity contribution >= 4 is 11.4 Å². The highest BCUT2D eigenvalue weighted by Crippen LogP contribution is 2.27. The zero-order chi connectivity index (χ0) is 15.7. The Kier molecular flexibility index (Phi) is 3.55. The Labute approximate surface area is 128 Å². The Balaban J connectivity index is 2.02. The summed E-state index contributed by atoms with van der Waals surface area (Å²) in [5, 5.41) is 7.11. The number of rotatable bonds is 3. The van der Waals surface area contributed by atoms with E-state index in [2.05, 4.69) is 15.5 Å². The lowest BCUT2D eigenvalue weighted by atomic mass is 10.1. The molecule has 3 rings (SSSR count). The molecule has 0 aliphatic carbocycles. The van der Waals surface area contributed by atoms with Crippen LogP contribution in [0.1, 0.15) is 17.0 Å². The SMILES string of the molecule is Cc1cccc(Nc2cc(-c3c(C)noc3C)c[nH]c2=O)c1. The zero-order valence-corrected chi connectivity index (χ0v) is 12.7. The lowest BCUT2D eigenvalue weighted by molar-refractivity contribution is 0.393. The lowest BCUT2D eigenvalue weighted by Crippen LogP contribution is -2.11. The van der Waals surface area contributed by atoms with E-state index in [1.54, 1.807) is 6.20 Å². The topological polar surface area (TPSA) is 70.9 Å². The number of benzene rings is 1. The molecular formula is C17H17N3O2. The molecule has 0 aliphatic heterocycles. The van der Waals surface area contributed by atoms with Crippen LogP contribution in [0, 0.1) is 20.8 Å². The zero-order valence-electron chi connectivity index (χ0n) is 12.7. The summed E-state index contributed by atoms with van der Waals surface area (Å²) in [6.45, 7) is 5.74. The first-order valence-electron chi connectivity index (χ1n) is 7.04. The van der Waals surface area contributed by atoms with Crippen LogP contribution < -0.4 is 10.9 Å². The lowest BCUT2D eigenvalue weighted by Gasteiger charge is -2.08. The molecule has 0 unspecified atom stereocenters. The molecular weight excluding hydrogens is 278 g/mol. The van der Waals surface area contributed by atoms with Gasteiger partial charge in [0.1, 0.15) is 11.4 Å². The molecule has 112 valence electrons. The highest BCUT2D eigenvalue weighted by Gasteiger charge is 2.13. The molecule has 5 heteroatoms. The Morgan fingerprint density at radius 2 is 2.00 bits per heavy atom. The van der Waals surface area contributed by atoms with Gasteiger partial charge in [-0.15, -0.1) is 0 Å². The minimum Gasteiger partial charge on any atom is -0.361 e. The maximum Gasteiger partial charge on any atom is 0.271 e. The molecule has 2 aromatic heterocycles. The van der Waals surface area contributed by atoms with Crippen LogP contribution in [-0.4, -0.2) is 10.1 Å². The van der Waals surface area contributed by atoms with Crippen molar-refractivity contribution in [1.82, 2.24) is 10.1 Å². The van der Waals surface area contributed by atoms with Crippen molar-refractivity contribution in [2.24, 2.45) is 0 Å². The van der Waals surface area contributed by atoms with E-state index in [1.807, 2.05) is 51.1 Å². The summed E-state index contributed by atoms with van der Waals surface area (Å²) in [5.41, 5.74) is 4.89. The molecule has 1 aromatic carbocycles. The Hall–Kier alpha value is -2.82. The number of anilines is 2. The first-order chi connectivity index (χ1) is 10.5. The van der Waals surface area contributed by atoms with Gasteiger partial charge in [0.15, 0.2) is 0 Å². The van der Waals surface area contributed by atoms with Crippen molar-refractivity contribution in [2.45, 2.75) is 20.8 Å². The summed E-state index contributed by atoms with van der Waals surface area (Å²) in [7, 11) is 0. The fourth-order valence-electron chi connectivity index (χ4n) is 2.49. The minimum atomic E-state index is -0.169. The van der Waals surface area contributed by atoms with E-state index in [0.717, 1.165) is 33.8 Å². The number of pyridine rings is 1. The van der Waals surface area contributed by atoms with Crippen LogP contribution in [-0.2, 0) is 0 Å². The van der Waals surface area contributed by atoms with Gasteiger partial charge in [-0.3, -0.25) is 4.79 Å². The molecule has 2 heterocycles. The van der Waals surface area contributed by atoms with Gasteiger partial charge in [0.25, 0.3) is 5.56 Å². The molecule has 3 aromatic rings. The number of nitrogens with one attached hydrogen (secondary N) is 2. The van der Waals surface area contributed by atoms with Crippen LogP contribution in [0.3, 0.4) is 0 Å². The standard InChI is InChI=1S/C17H17N3O2/c1-10-5-4-6-14(7-10)19-15-8-13(9-18-17(15)21)16-11(2)20-22-12(16)3/h4-9,19H,1-3H3,(H,18,21). The average molecular weight is 295 g/mol. The molecule has 0 saturated carbocycles. The fourth-order valence-corrected chi connectivity index (χ4v) is 2.49. The van der Waals surface area contributed by atoms with E-state index in [0.29, 0.717) is 5.69 Å². The largest absolute Gasteiger partial charge is 0.361 e. The van der Waals surface area contributed by atoms with Gasteiger partial charge in [-0.2, -0.15) is 0 Å². The predicted molar refractivity (Wildman–Crippen MR) is 86.5 cm³/mol. The van der Waals surface area contributed by atoms with E-state index in [9.17, 15) is 4.79 Å². The van der Waals surface area contributed by atoms with Gasteiger partial charge < -0.3 is 14.8 Å². The Morgan fingerprint density at radius 1 is 1.18 bits per heavy atom. The predicted octanol–water partition coefficient (Wildman–Crippen LogP) is 3.70. The van der Waals surface area contributed by atoms with Crippen LogP contribution in [0.5, 0.6) is 0 Å². The third-order valence-electron chi connectivity index (χ3n) is 3.52. The molecule has 0 radical (unpaired) electrons. The van der Waals surface area contributed by atoms with E-state index < -0.39 is 0 Å². The monoisotopic (exact) mass is 295 g/mol. The highest BCUT2D eigenvalue weighted by atomic mass is 16.5. The summed E-state index contributed by atoms with van der Waals surface area (Å²) in [6, 6.07) is 9.68. The van der Waals surface area contributed by atoms with Gasteiger partial charge in [-0.05, 0) is 44.5 Å². The van der Waals surface area contributed by atoms with Crippen molar-refractivity contribution < 1.29 is 4.52 Å². The Morgan fingerprint density at radius 3 is 2.68 bits per heavy atom. The van der Waals surface area contributed by atoms with Crippen LogP contribution in [0.25, 0.3) is 11.1 Å². The minimum absolute atomic E-state index is 0.169. The van der Waals surface area contributed by atoms with E-state index in [4.69, 9.17) is 4.52 Å². The number of aromatic amines is 1. The molecule has 2 N–H and O–H groups in total. The second-order valence-electron chi connectivity index (χ2n) is 5.32. The normalized spacial score (nSPS) is 10.7. The van der Waals surface area contributed by atoms with Crippen LogP contribution >= 0.6 is 0 Å². The smallest absolute Gasteiger partial charge is 0.271 e. The molecule has 0 saturated heterocycles. The summed E-state index contributed by atoms with van der Waals surface area (Å²) in [4.78, 5) is 14.8. The van der Waals surface area contributed by atoms with E-state index in [-0.39, 0.29) is 5.56 Å². The number of nitrogens with zero attached hydrogens (tertiary/aromatic N) is 1. The van der Waals surface area contributed by atoms with Gasteiger partial charge in [-0.25, -0.2) is 0 Å². The summed E-state index contributed by atoms with van der Waals surface area (Å²) in [6.07, 6.45) is 1.68. The van der Waals surface area contributed by atoms with Crippen LogP contribution in [0.15, 0.2) is 45.8 Å². The molecule has 0 fully saturated rings. The summed E-state index contributed by atoms with van der Waals surface area (Å²) in [5.74, 6) is 0.728.